The van der Waals surface area contributed by atoms with Crippen molar-refractivity contribution in [1.82, 2.24) is 5.06 Å². The van der Waals surface area contributed by atoms with Crippen molar-refractivity contribution in [3.8, 4) is 0 Å². The van der Waals surface area contributed by atoms with Gasteiger partial charge in [0.2, 0.25) is 0 Å². The highest BCUT2D eigenvalue weighted by atomic mass is 16.5. The summed E-state index contributed by atoms with van der Waals surface area (Å²) < 4.78 is 0. The van der Waals surface area contributed by atoms with E-state index in [2.05, 4.69) is 6.92 Å². The van der Waals surface area contributed by atoms with E-state index >= 15 is 0 Å². The first-order valence-corrected chi connectivity index (χ1v) is 7.23. The van der Waals surface area contributed by atoms with E-state index in [0.717, 1.165) is 18.0 Å². The summed E-state index contributed by atoms with van der Waals surface area (Å²) in [5.41, 5.74) is 0. The Balaban J connectivity index is 2.93. The van der Waals surface area contributed by atoms with Gasteiger partial charge in [0.25, 0.3) is 0 Å². The lowest BCUT2D eigenvalue weighted by molar-refractivity contribution is 0.380. The van der Waals surface area contributed by atoms with E-state index in [1.165, 1.54) is 57.8 Å². The summed E-state index contributed by atoms with van der Waals surface area (Å²) in [6.45, 7) is 5.54. The van der Waals surface area contributed by atoms with Gasteiger partial charge in [0.05, 0.1) is 0 Å². The highest BCUT2D eigenvalue weighted by molar-refractivity contribution is 4.54. The van der Waals surface area contributed by atoms with E-state index in [0.29, 0.717) is 6.54 Å². The quantitative estimate of drug-likeness (QED) is 0.356. The summed E-state index contributed by atoms with van der Waals surface area (Å²) in [7, 11) is 0. The van der Waals surface area contributed by atoms with Crippen LogP contribution in [0.5, 0.6) is 0 Å². The van der Waals surface area contributed by atoms with Gasteiger partial charge in [-0.3, -0.25) is 0 Å². The lowest BCUT2D eigenvalue weighted by Gasteiger charge is -2.25. The third kappa shape index (κ3) is 12.0. The molecule has 0 bridgehead atoms. The Kier molecular flexibility index (Phi) is 12.9. The minimum atomic E-state index is 0.636. The Morgan fingerprint density at radius 1 is 0.688 bits per heavy atom. The molecule has 0 aromatic heterocycles. The van der Waals surface area contributed by atoms with Crippen molar-refractivity contribution in [2.75, 3.05) is 13.1 Å². The molecule has 2 heteroatoms. The molecule has 0 fully saturated rings. The summed E-state index contributed by atoms with van der Waals surface area (Å²) in [5, 5.41) is 12.1. The number of hydroxylamine groups is 2. The van der Waals surface area contributed by atoms with Gasteiger partial charge in [-0.2, -0.15) is 0 Å². The van der Waals surface area contributed by atoms with Crippen molar-refractivity contribution in [3.63, 3.8) is 0 Å². The third-order valence-corrected chi connectivity index (χ3v) is 3.11. The van der Waals surface area contributed by atoms with E-state index in [4.69, 9.17) is 0 Å². The monoisotopic (exact) mass is 228 g/mol. The molecule has 0 aromatic rings. The molecule has 0 atom stereocenters. The lowest BCUT2D eigenvalue weighted by atomic mass is 10.1. The molecule has 0 radical (unpaired) electrons. The van der Waals surface area contributed by atoms with Gasteiger partial charge in [-0.05, 0) is 19.5 Å². The van der Waals surface area contributed by atoms with Crippen LogP contribution < -0.4 is 0 Å². The molecule has 0 amide bonds. The Labute approximate surface area is 102 Å². The second kappa shape index (κ2) is 13.0. The van der Waals surface area contributed by atoms with Crippen molar-refractivity contribution in [2.24, 2.45) is 0 Å². The average Bonchev–Trinajstić information content (AvgIpc) is 2.31. The Morgan fingerprint density at radius 3 is 1.56 bits per heavy atom. The summed E-state index contributed by atoms with van der Waals surface area (Å²) in [6, 6.07) is 0. The molecule has 0 aliphatic rings. The molecule has 0 saturated heterocycles. The first kappa shape index (κ1) is 15.9. The van der Waals surface area contributed by atoms with Crippen LogP contribution in [0, 0.1) is 5.21 Å². The fourth-order valence-corrected chi connectivity index (χ4v) is 1.93. The van der Waals surface area contributed by atoms with Gasteiger partial charge in [-0.15, -0.1) is 0 Å². The Hall–Kier alpha value is -0.0800. The lowest BCUT2D eigenvalue weighted by Crippen LogP contribution is -2.16. The highest BCUT2D eigenvalue weighted by Crippen LogP contribution is 2.10. The maximum Gasteiger partial charge on any atom is -0.0145 e. The van der Waals surface area contributed by atoms with Crippen LogP contribution in [0.25, 0.3) is 0 Å². The molecule has 0 saturated carbocycles. The standard InChI is InChI=1S/C14H30NO/c1-3-5-6-7-8-9-10-11-12-13-14-15(16)4-2/h3-14H2,1-2H3/q-1. The zero-order chi connectivity index (χ0) is 12.1. The smallest absolute Gasteiger partial charge is 0.0145 e. The van der Waals surface area contributed by atoms with Gasteiger partial charge in [0.15, 0.2) is 0 Å². The Morgan fingerprint density at radius 2 is 1.12 bits per heavy atom. The highest BCUT2D eigenvalue weighted by Gasteiger charge is 1.93. The van der Waals surface area contributed by atoms with Gasteiger partial charge in [-0.1, -0.05) is 71.6 Å². The van der Waals surface area contributed by atoms with Gasteiger partial charge >= 0.3 is 0 Å². The third-order valence-electron chi connectivity index (χ3n) is 3.11. The van der Waals surface area contributed by atoms with E-state index in [-0.39, 0.29) is 0 Å². The van der Waals surface area contributed by atoms with Gasteiger partial charge in [-0.25, -0.2) is 0 Å². The van der Waals surface area contributed by atoms with Crippen LogP contribution in [-0.4, -0.2) is 18.2 Å². The molecule has 0 rings (SSSR count). The number of hydrogen-bond acceptors (Lipinski definition) is 2. The van der Waals surface area contributed by atoms with Crippen molar-refractivity contribution in [1.29, 1.82) is 0 Å². The predicted molar refractivity (Wildman–Crippen MR) is 72.5 cm³/mol. The molecule has 0 aromatic carbocycles. The molecule has 0 aliphatic heterocycles. The number of hydrogen-bond donors (Lipinski definition) is 0. The first-order valence-electron chi connectivity index (χ1n) is 7.23. The second-order valence-electron chi connectivity index (χ2n) is 4.70. The topological polar surface area (TPSA) is 26.3 Å². The van der Waals surface area contributed by atoms with Gasteiger partial charge < -0.3 is 10.3 Å². The summed E-state index contributed by atoms with van der Waals surface area (Å²) in [6.07, 6.45) is 13.3. The molecular formula is C14H30NO-. The molecule has 0 heterocycles. The molecule has 2 nitrogen and oxygen atoms in total. The van der Waals surface area contributed by atoms with Crippen molar-refractivity contribution in [2.45, 2.75) is 78.1 Å². The number of nitrogens with zero attached hydrogens (tertiary/aromatic N) is 1. The van der Waals surface area contributed by atoms with Crippen LogP contribution in [-0.2, 0) is 0 Å². The average molecular weight is 228 g/mol. The number of rotatable bonds is 12. The molecule has 0 N–H and O–H groups in total. The summed E-state index contributed by atoms with van der Waals surface area (Å²) in [5.74, 6) is 0. The van der Waals surface area contributed by atoms with Crippen LogP contribution >= 0.6 is 0 Å². The van der Waals surface area contributed by atoms with Gasteiger partial charge in [0, 0.05) is 0 Å². The summed E-state index contributed by atoms with van der Waals surface area (Å²) in [4.78, 5) is 0. The summed E-state index contributed by atoms with van der Waals surface area (Å²) >= 11 is 0. The van der Waals surface area contributed by atoms with Crippen LogP contribution in [0.15, 0.2) is 0 Å². The molecule has 0 spiro atoms. The van der Waals surface area contributed by atoms with Crippen molar-refractivity contribution >= 4 is 0 Å². The molecule has 0 aliphatic carbocycles. The largest absolute Gasteiger partial charge is 0.785 e. The van der Waals surface area contributed by atoms with E-state index in [1.807, 2.05) is 6.92 Å². The van der Waals surface area contributed by atoms with Gasteiger partial charge in [0.1, 0.15) is 0 Å². The Bertz CT molecular complexity index is 128. The fraction of sp³-hybridized carbons (Fsp3) is 1.00. The maximum atomic E-state index is 11.0. The predicted octanol–water partition coefficient (Wildman–Crippen LogP) is 4.73. The van der Waals surface area contributed by atoms with E-state index in [1.54, 1.807) is 0 Å². The molecule has 0 unspecified atom stereocenters. The van der Waals surface area contributed by atoms with Crippen molar-refractivity contribution < 1.29 is 0 Å². The van der Waals surface area contributed by atoms with Crippen molar-refractivity contribution in [3.05, 3.63) is 5.21 Å². The minimum Gasteiger partial charge on any atom is -0.785 e. The van der Waals surface area contributed by atoms with Crippen LogP contribution in [0.2, 0.25) is 0 Å². The maximum absolute atomic E-state index is 11.0. The van der Waals surface area contributed by atoms with Crippen LogP contribution in [0.4, 0.5) is 0 Å². The SMILES string of the molecule is CCCCCCCCCCCCN([O-])CC. The first-order chi connectivity index (χ1) is 7.81. The van der Waals surface area contributed by atoms with E-state index < -0.39 is 0 Å². The zero-order valence-electron chi connectivity index (χ0n) is 11.3. The molecule has 98 valence electrons. The fourth-order valence-electron chi connectivity index (χ4n) is 1.93. The van der Waals surface area contributed by atoms with Crippen LogP contribution in [0.3, 0.4) is 0 Å². The molecular weight excluding hydrogens is 198 g/mol. The normalized spacial score (nSPS) is 11.2. The molecule has 16 heavy (non-hydrogen) atoms. The number of unbranched alkanes of at least 4 members (excludes halogenated alkanes) is 9. The van der Waals surface area contributed by atoms with Crippen LogP contribution in [0.1, 0.15) is 78.1 Å². The second-order valence-corrected chi connectivity index (χ2v) is 4.70. The minimum absolute atomic E-state index is 0.636. The zero-order valence-corrected chi connectivity index (χ0v) is 11.3. The van der Waals surface area contributed by atoms with E-state index in [9.17, 15) is 5.21 Å².